The molecule has 0 saturated carbocycles. The lowest BCUT2D eigenvalue weighted by Gasteiger charge is -2.22. The van der Waals surface area contributed by atoms with E-state index in [1.165, 1.54) is 21.0 Å². The third kappa shape index (κ3) is 6.97. The summed E-state index contributed by atoms with van der Waals surface area (Å²) in [5.74, 6) is -0.848. The van der Waals surface area contributed by atoms with Crippen molar-refractivity contribution in [3.05, 3.63) is 0 Å². The van der Waals surface area contributed by atoms with Gasteiger partial charge in [0.2, 0.25) is 0 Å². The van der Waals surface area contributed by atoms with Crippen LogP contribution in [-0.2, 0) is 19.7 Å². The van der Waals surface area contributed by atoms with Crippen LogP contribution in [0.3, 0.4) is 0 Å². The first-order valence-electron chi connectivity index (χ1n) is 5.59. The summed E-state index contributed by atoms with van der Waals surface area (Å²) in [6, 6.07) is -1.04. The minimum atomic E-state index is -3.87. The van der Waals surface area contributed by atoms with Crippen molar-refractivity contribution < 1.29 is 22.7 Å². The summed E-state index contributed by atoms with van der Waals surface area (Å²) >= 11 is 0. The second-order valence-electron chi connectivity index (χ2n) is 5.12. The summed E-state index contributed by atoms with van der Waals surface area (Å²) < 4.78 is 30.4. The maximum Gasteiger partial charge on any atom is 0.408 e. The topological polar surface area (TPSA) is 105 Å². The SMILES string of the molecule is C[C@@H](NC(=O)OC(C)(C)C)C(=O)NS(=O)(=O)N(C)C. The fourth-order valence-electron chi connectivity index (χ4n) is 0.857. The molecule has 2 amide bonds. The molecule has 0 aliphatic rings. The quantitative estimate of drug-likeness (QED) is 0.748. The van der Waals surface area contributed by atoms with Crippen LogP contribution in [-0.4, -0.2) is 50.5 Å². The standard InChI is InChI=1S/C10H21N3O5S/c1-7(11-9(15)18-10(2,3)4)8(14)12-19(16,17)13(5)6/h7H,1-6H3,(H,11,15)(H,12,14)/t7-/m1/s1. The molecule has 0 radical (unpaired) electrons. The molecule has 0 aliphatic carbocycles. The van der Waals surface area contributed by atoms with E-state index in [0.29, 0.717) is 0 Å². The summed E-state index contributed by atoms with van der Waals surface area (Å²) in [5.41, 5.74) is -0.698. The van der Waals surface area contributed by atoms with Crippen molar-refractivity contribution in [2.24, 2.45) is 0 Å². The van der Waals surface area contributed by atoms with Crippen molar-refractivity contribution in [2.45, 2.75) is 39.3 Å². The van der Waals surface area contributed by atoms with Crippen molar-refractivity contribution in [2.75, 3.05) is 14.1 Å². The minimum absolute atomic E-state index is 0.698. The molecule has 112 valence electrons. The fraction of sp³-hybridized carbons (Fsp3) is 0.800. The molecule has 2 N–H and O–H groups in total. The van der Waals surface area contributed by atoms with Gasteiger partial charge in [0.25, 0.3) is 5.91 Å². The molecule has 19 heavy (non-hydrogen) atoms. The van der Waals surface area contributed by atoms with E-state index in [9.17, 15) is 18.0 Å². The largest absolute Gasteiger partial charge is 0.444 e. The van der Waals surface area contributed by atoms with E-state index in [2.05, 4.69) is 5.32 Å². The number of amides is 2. The Bertz CT molecular complexity index is 439. The second-order valence-corrected chi connectivity index (χ2v) is 7.01. The molecule has 0 rings (SSSR count). The summed E-state index contributed by atoms with van der Waals surface area (Å²) in [5, 5.41) is 2.24. The van der Waals surface area contributed by atoms with E-state index < -0.39 is 33.9 Å². The Labute approximate surface area is 113 Å². The van der Waals surface area contributed by atoms with Gasteiger partial charge in [0.1, 0.15) is 11.6 Å². The number of hydrogen-bond donors (Lipinski definition) is 2. The number of carbonyl (C=O) groups is 2. The maximum atomic E-state index is 11.6. The predicted octanol–water partition coefficient (Wildman–Crippen LogP) is -0.178. The van der Waals surface area contributed by atoms with E-state index >= 15 is 0 Å². The van der Waals surface area contributed by atoms with Gasteiger partial charge in [-0.2, -0.15) is 12.7 Å². The van der Waals surface area contributed by atoms with Crippen molar-refractivity contribution >= 4 is 22.2 Å². The monoisotopic (exact) mass is 295 g/mol. The van der Waals surface area contributed by atoms with E-state index in [-0.39, 0.29) is 0 Å². The highest BCUT2D eigenvalue weighted by Gasteiger charge is 2.24. The third-order valence-corrected chi connectivity index (χ3v) is 3.26. The molecule has 0 fully saturated rings. The molecule has 9 heteroatoms. The first-order valence-corrected chi connectivity index (χ1v) is 7.03. The summed E-state index contributed by atoms with van der Waals surface area (Å²) in [4.78, 5) is 23.0. The van der Waals surface area contributed by atoms with Crippen LogP contribution < -0.4 is 10.0 Å². The number of nitrogens with one attached hydrogen (secondary N) is 2. The van der Waals surface area contributed by atoms with Crippen molar-refractivity contribution in [1.82, 2.24) is 14.3 Å². The number of carbonyl (C=O) groups excluding carboxylic acids is 2. The summed E-state index contributed by atoms with van der Waals surface area (Å²) in [6.45, 7) is 6.37. The Morgan fingerprint density at radius 1 is 1.21 bits per heavy atom. The zero-order chi connectivity index (χ0) is 15.4. The number of hydrogen-bond acceptors (Lipinski definition) is 5. The Balaban J connectivity index is 4.49. The highest BCUT2D eigenvalue weighted by atomic mass is 32.2. The molecular formula is C10H21N3O5S. The predicted molar refractivity (Wildman–Crippen MR) is 69.6 cm³/mol. The molecule has 0 bridgehead atoms. The van der Waals surface area contributed by atoms with Crippen LogP contribution in [0.5, 0.6) is 0 Å². The van der Waals surface area contributed by atoms with Gasteiger partial charge in [0.15, 0.2) is 0 Å². The molecule has 0 spiro atoms. The number of rotatable bonds is 4. The lowest BCUT2D eigenvalue weighted by molar-refractivity contribution is -0.121. The van der Waals surface area contributed by atoms with Crippen LogP contribution in [0, 0.1) is 0 Å². The van der Waals surface area contributed by atoms with Crippen molar-refractivity contribution in [3.63, 3.8) is 0 Å². The normalized spacial score (nSPS) is 13.8. The Kier molecular flexibility index (Phi) is 5.76. The van der Waals surface area contributed by atoms with Gasteiger partial charge >= 0.3 is 16.3 Å². The van der Waals surface area contributed by atoms with Crippen LogP contribution in [0.2, 0.25) is 0 Å². The zero-order valence-electron chi connectivity index (χ0n) is 12.0. The lowest BCUT2D eigenvalue weighted by atomic mass is 10.2. The van der Waals surface area contributed by atoms with E-state index in [4.69, 9.17) is 4.74 Å². The first-order chi connectivity index (χ1) is 8.35. The summed E-state index contributed by atoms with van der Waals surface area (Å²) in [6.07, 6.45) is -0.794. The highest BCUT2D eigenvalue weighted by molar-refractivity contribution is 7.87. The maximum absolute atomic E-state index is 11.6. The summed E-state index contributed by atoms with van der Waals surface area (Å²) in [7, 11) is -1.31. The molecule has 0 aromatic rings. The van der Waals surface area contributed by atoms with Crippen LogP contribution in [0.15, 0.2) is 0 Å². The molecule has 0 aromatic carbocycles. The molecule has 8 nitrogen and oxygen atoms in total. The fourth-order valence-corrected chi connectivity index (χ4v) is 1.47. The molecule has 0 aromatic heterocycles. The van der Waals surface area contributed by atoms with Gasteiger partial charge in [-0.15, -0.1) is 0 Å². The molecule has 0 heterocycles. The first kappa shape index (κ1) is 17.6. The van der Waals surface area contributed by atoms with Crippen LogP contribution >= 0.6 is 0 Å². The average molecular weight is 295 g/mol. The highest BCUT2D eigenvalue weighted by Crippen LogP contribution is 2.06. The Hall–Kier alpha value is -1.35. The van der Waals surface area contributed by atoms with Gasteiger partial charge < -0.3 is 10.1 Å². The van der Waals surface area contributed by atoms with Crippen LogP contribution in [0.4, 0.5) is 4.79 Å². The zero-order valence-corrected chi connectivity index (χ0v) is 12.8. The van der Waals surface area contributed by atoms with Crippen molar-refractivity contribution in [1.29, 1.82) is 0 Å². The Morgan fingerprint density at radius 2 is 1.68 bits per heavy atom. The lowest BCUT2D eigenvalue weighted by Crippen LogP contribution is -2.50. The Morgan fingerprint density at radius 3 is 2.05 bits per heavy atom. The minimum Gasteiger partial charge on any atom is -0.444 e. The van der Waals surface area contributed by atoms with Crippen molar-refractivity contribution in [3.8, 4) is 0 Å². The van der Waals surface area contributed by atoms with Gasteiger partial charge in [-0.05, 0) is 27.7 Å². The molecule has 0 saturated heterocycles. The number of alkyl carbamates (subject to hydrolysis) is 1. The third-order valence-electron chi connectivity index (χ3n) is 1.84. The van der Waals surface area contributed by atoms with Crippen LogP contribution in [0.25, 0.3) is 0 Å². The number of nitrogens with zero attached hydrogens (tertiary/aromatic N) is 1. The van der Waals surface area contributed by atoms with E-state index in [1.54, 1.807) is 20.8 Å². The van der Waals surface area contributed by atoms with Gasteiger partial charge in [-0.1, -0.05) is 0 Å². The van der Waals surface area contributed by atoms with Gasteiger partial charge in [0.05, 0.1) is 0 Å². The van der Waals surface area contributed by atoms with Gasteiger partial charge in [-0.25, -0.2) is 9.52 Å². The smallest absolute Gasteiger partial charge is 0.408 e. The van der Waals surface area contributed by atoms with E-state index in [0.717, 1.165) is 4.31 Å². The molecule has 0 aliphatic heterocycles. The van der Waals surface area contributed by atoms with Gasteiger partial charge in [-0.3, -0.25) is 4.79 Å². The average Bonchev–Trinajstić information content (AvgIpc) is 2.12. The van der Waals surface area contributed by atoms with Gasteiger partial charge in [0, 0.05) is 14.1 Å². The second kappa shape index (κ2) is 6.20. The van der Waals surface area contributed by atoms with Crippen LogP contribution in [0.1, 0.15) is 27.7 Å². The molecule has 1 atom stereocenters. The molecular weight excluding hydrogens is 274 g/mol. The molecule has 0 unspecified atom stereocenters. The van der Waals surface area contributed by atoms with E-state index in [1.807, 2.05) is 4.72 Å². The number of ether oxygens (including phenoxy) is 1.